The lowest BCUT2D eigenvalue weighted by atomic mass is 10.4. The Hall–Kier alpha value is -0.0800. The first-order valence-electron chi connectivity index (χ1n) is 2.62. The van der Waals surface area contributed by atoms with Gasteiger partial charge in [-0.2, -0.15) is 0 Å². The molecule has 2 rings (SSSR count). The highest BCUT2D eigenvalue weighted by atomic mass is 16.6. The van der Waals surface area contributed by atoms with Crippen LogP contribution >= 0.6 is 0 Å². The zero-order valence-corrected chi connectivity index (χ0v) is 4.18. The molecule has 2 atom stereocenters. The number of hydrogen-bond donors (Lipinski definition) is 0. The van der Waals surface area contributed by atoms with E-state index in [-0.39, 0.29) is 5.48 Å². The van der Waals surface area contributed by atoms with Gasteiger partial charge >= 0.3 is 0 Å². The monoisotopic (exact) mass is 102 g/mol. The molecule has 1 aliphatic carbocycles. The van der Waals surface area contributed by atoms with Gasteiger partial charge in [0.15, 0.2) is 0 Å². The second-order valence-electron chi connectivity index (χ2n) is 2.14. The first kappa shape index (κ1) is 5.06. The van der Waals surface area contributed by atoms with E-state index in [1.165, 1.54) is 19.3 Å². The Morgan fingerprint density at radius 1 is 1.14 bits per heavy atom. The van der Waals surface area contributed by atoms with Crippen LogP contribution in [0, 0.1) is 0 Å². The molecule has 42 valence electrons. The van der Waals surface area contributed by atoms with Crippen LogP contribution in [0.4, 0.5) is 0 Å². The summed E-state index contributed by atoms with van der Waals surface area (Å²) < 4.78 is 5.15. The van der Waals surface area contributed by atoms with Crippen LogP contribution in [0.25, 0.3) is 0 Å². The molecule has 1 heterocycles. The third-order valence-corrected chi connectivity index (χ3v) is 1.66. The second-order valence-corrected chi connectivity index (χ2v) is 2.14. The SMILES string of the molecule is C1CC2OC2C1.O. The van der Waals surface area contributed by atoms with Crippen molar-refractivity contribution in [3.63, 3.8) is 0 Å². The van der Waals surface area contributed by atoms with Gasteiger partial charge in [-0.1, -0.05) is 0 Å². The zero-order valence-electron chi connectivity index (χ0n) is 4.18. The van der Waals surface area contributed by atoms with Crippen LogP contribution in [0.15, 0.2) is 0 Å². The number of rotatable bonds is 0. The van der Waals surface area contributed by atoms with Gasteiger partial charge in [0.2, 0.25) is 0 Å². The summed E-state index contributed by atoms with van der Waals surface area (Å²) in [4.78, 5) is 0. The van der Waals surface area contributed by atoms with E-state index in [0.717, 1.165) is 0 Å². The third-order valence-electron chi connectivity index (χ3n) is 1.66. The van der Waals surface area contributed by atoms with E-state index in [1.54, 1.807) is 0 Å². The van der Waals surface area contributed by atoms with Crippen molar-refractivity contribution in [1.29, 1.82) is 0 Å². The van der Waals surface area contributed by atoms with Crippen LogP contribution in [-0.4, -0.2) is 17.7 Å². The Morgan fingerprint density at radius 3 is 1.86 bits per heavy atom. The van der Waals surface area contributed by atoms with E-state index in [9.17, 15) is 0 Å². The van der Waals surface area contributed by atoms with Crippen molar-refractivity contribution in [2.45, 2.75) is 31.5 Å². The van der Waals surface area contributed by atoms with Crippen molar-refractivity contribution in [1.82, 2.24) is 0 Å². The van der Waals surface area contributed by atoms with Crippen LogP contribution in [0.5, 0.6) is 0 Å². The van der Waals surface area contributed by atoms with Gasteiger partial charge in [0.1, 0.15) is 0 Å². The minimum atomic E-state index is 0. The van der Waals surface area contributed by atoms with E-state index >= 15 is 0 Å². The molecule has 0 aromatic rings. The predicted molar refractivity (Wildman–Crippen MR) is 26.1 cm³/mol. The smallest absolute Gasteiger partial charge is 0.0841 e. The zero-order chi connectivity index (χ0) is 3.98. The van der Waals surface area contributed by atoms with Gasteiger partial charge in [0.25, 0.3) is 0 Å². The van der Waals surface area contributed by atoms with Crippen molar-refractivity contribution in [3.05, 3.63) is 0 Å². The Morgan fingerprint density at radius 2 is 1.71 bits per heavy atom. The summed E-state index contributed by atoms with van der Waals surface area (Å²) in [6.07, 6.45) is 5.51. The maximum Gasteiger partial charge on any atom is 0.0841 e. The Labute approximate surface area is 42.8 Å². The summed E-state index contributed by atoms with van der Waals surface area (Å²) in [5.74, 6) is 0. The molecular formula is C5H10O2. The van der Waals surface area contributed by atoms with E-state index in [0.29, 0.717) is 12.2 Å². The van der Waals surface area contributed by atoms with Gasteiger partial charge in [0, 0.05) is 0 Å². The summed E-state index contributed by atoms with van der Waals surface area (Å²) >= 11 is 0. The lowest BCUT2D eigenvalue weighted by molar-refractivity contribution is 0.322. The molecule has 7 heavy (non-hydrogen) atoms. The van der Waals surface area contributed by atoms with Gasteiger partial charge in [-0.3, -0.25) is 0 Å². The maximum atomic E-state index is 5.15. The summed E-state index contributed by atoms with van der Waals surface area (Å²) in [5.41, 5.74) is 0. The van der Waals surface area contributed by atoms with Crippen molar-refractivity contribution < 1.29 is 10.2 Å². The fourth-order valence-corrected chi connectivity index (χ4v) is 1.21. The molecule has 0 aromatic heterocycles. The van der Waals surface area contributed by atoms with Crippen molar-refractivity contribution in [2.75, 3.05) is 0 Å². The van der Waals surface area contributed by atoms with Crippen LogP contribution < -0.4 is 0 Å². The normalized spacial score (nSPS) is 44.6. The van der Waals surface area contributed by atoms with Gasteiger partial charge in [-0.05, 0) is 19.3 Å². The molecule has 2 fully saturated rings. The fraction of sp³-hybridized carbons (Fsp3) is 1.00. The topological polar surface area (TPSA) is 44.0 Å². The minimum absolute atomic E-state index is 0. The average molecular weight is 102 g/mol. The van der Waals surface area contributed by atoms with Crippen molar-refractivity contribution in [3.8, 4) is 0 Å². The summed E-state index contributed by atoms with van der Waals surface area (Å²) in [5, 5.41) is 0. The Kier molecular flexibility index (Phi) is 1.05. The first-order chi connectivity index (χ1) is 2.97. The molecule has 0 radical (unpaired) electrons. The highest BCUT2D eigenvalue weighted by molar-refractivity contribution is 4.90. The molecule has 0 bridgehead atoms. The average Bonchev–Trinajstić information content (AvgIpc) is 2.17. The molecule has 0 spiro atoms. The first-order valence-corrected chi connectivity index (χ1v) is 2.62. The van der Waals surface area contributed by atoms with Gasteiger partial charge in [-0.15, -0.1) is 0 Å². The molecule has 0 aromatic carbocycles. The Bertz CT molecular complexity index is 64.5. The molecule has 2 unspecified atom stereocenters. The Balaban J connectivity index is 0.000000245. The lowest BCUT2D eigenvalue weighted by Crippen LogP contribution is -1.74. The molecular weight excluding hydrogens is 92.1 g/mol. The molecule has 2 nitrogen and oxygen atoms in total. The third kappa shape index (κ3) is 0.640. The highest BCUT2D eigenvalue weighted by Gasteiger charge is 2.42. The predicted octanol–water partition coefficient (Wildman–Crippen LogP) is 0.113. The molecule has 0 amide bonds. The molecule has 2 heteroatoms. The van der Waals surface area contributed by atoms with Gasteiger partial charge in [-0.25, -0.2) is 0 Å². The summed E-state index contributed by atoms with van der Waals surface area (Å²) in [7, 11) is 0. The summed E-state index contributed by atoms with van der Waals surface area (Å²) in [6, 6.07) is 0. The fourth-order valence-electron chi connectivity index (χ4n) is 1.21. The van der Waals surface area contributed by atoms with E-state index in [4.69, 9.17) is 4.74 Å². The second kappa shape index (κ2) is 1.46. The van der Waals surface area contributed by atoms with Crippen LogP contribution in [0.1, 0.15) is 19.3 Å². The van der Waals surface area contributed by atoms with Gasteiger partial charge < -0.3 is 10.2 Å². The molecule has 1 aliphatic heterocycles. The maximum absolute atomic E-state index is 5.15. The highest BCUT2D eigenvalue weighted by Crippen LogP contribution is 2.37. The summed E-state index contributed by atoms with van der Waals surface area (Å²) in [6.45, 7) is 0. The molecule has 1 saturated carbocycles. The number of hydrogen-bond acceptors (Lipinski definition) is 1. The van der Waals surface area contributed by atoms with Crippen LogP contribution in [0.2, 0.25) is 0 Å². The van der Waals surface area contributed by atoms with Crippen LogP contribution in [0.3, 0.4) is 0 Å². The largest absolute Gasteiger partial charge is 0.412 e. The number of ether oxygens (including phenoxy) is 1. The van der Waals surface area contributed by atoms with Crippen molar-refractivity contribution >= 4 is 0 Å². The standard InChI is InChI=1S/C5H8O.H2O/c1-2-4-5(3-1)6-4;/h4-5H,1-3H2;1H2. The molecule has 1 saturated heterocycles. The molecule has 2 aliphatic rings. The van der Waals surface area contributed by atoms with Gasteiger partial charge in [0.05, 0.1) is 12.2 Å². The van der Waals surface area contributed by atoms with E-state index in [2.05, 4.69) is 0 Å². The number of epoxide rings is 1. The molecule has 2 N–H and O–H groups in total. The van der Waals surface area contributed by atoms with E-state index < -0.39 is 0 Å². The van der Waals surface area contributed by atoms with E-state index in [1.807, 2.05) is 0 Å². The van der Waals surface area contributed by atoms with Crippen LogP contribution in [-0.2, 0) is 4.74 Å². The van der Waals surface area contributed by atoms with Crippen molar-refractivity contribution in [2.24, 2.45) is 0 Å². The minimum Gasteiger partial charge on any atom is -0.412 e. The quantitative estimate of drug-likeness (QED) is 0.400. The number of fused-ring (bicyclic) bond motifs is 1. The lowest BCUT2D eigenvalue weighted by Gasteiger charge is -1.81.